The van der Waals surface area contributed by atoms with Gasteiger partial charge in [-0.2, -0.15) is 0 Å². The molecule has 2 aliphatic heterocycles. The molecular weight excluding hydrogens is 516 g/mol. The number of carbonyl (C=O) groups is 1. The Kier molecular flexibility index (Phi) is 5.68. The molecule has 2 N–H and O–H groups in total. The Hall–Kier alpha value is -2.61. The molecule has 2 aromatic carbocycles. The second-order valence-corrected chi connectivity index (χ2v) is 13.7. The van der Waals surface area contributed by atoms with Gasteiger partial charge >= 0.3 is 5.97 Å². The van der Waals surface area contributed by atoms with Gasteiger partial charge in [-0.3, -0.25) is 15.0 Å². The van der Waals surface area contributed by atoms with Gasteiger partial charge in [0.25, 0.3) is 0 Å². The summed E-state index contributed by atoms with van der Waals surface area (Å²) in [6.07, 6.45) is 7.68. The quantitative estimate of drug-likeness (QED) is 0.461. The lowest BCUT2D eigenvalue weighted by Gasteiger charge is -2.74. The van der Waals surface area contributed by atoms with Gasteiger partial charge in [0.15, 0.2) is 11.5 Å². The van der Waals surface area contributed by atoms with Crippen LogP contribution >= 0.6 is 0 Å². The maximum absolute atomic E-state index is 12.2. The minimum atomic E-state index is -0.836. The standard InChI is InChI=1S/C34H42N2O5/c1-20(30(37)38)35-28(22-7-5-4-6-8-22)24-18-32-13-14-34(24,40-3)31-33(32)15-16-36(19-21-9-10-21)26(32)17-23-11-12-25(39-2)29(41-31)27(23)33/h4-8,11-12,20-21,24,26,28,31,35H,9-10,13-19H2,1-3H3,(H,37,38)/t20?,24-,26-,28?,31?,32?,33?,34?/m1/s1. The number of benzene rings is 2. The van der Waals surface area contributed by atoms with Crippen LogP contribution in [-0.2, 0) is 21.4 Å². The van der Waals surface area contributed by atoms with Crippen molar-refractivity contribution < 1.29 is 24.1 Å². The lowest BCUT2D eigenvalue weighted by molar-refractivity contribution is -0.282. The highest BCUT2D eigenvalue weighted by Crippen LogP contribution is 2.77. The average Bonchev–Trinajstić information content (AvgIpc) is 3.74. The summed E-state index contributed by atoms with van der Waals surface area (Å²) in [5.41, 5.74) is 3.28. The zero-order valence-corrected chi connectivity index (χ0v) is 24.4. The lowest BCUT2D eigenvalue weighted by Crippen LogP contribution is -2.81. The molecule has 218 valence electrons. The Morgan fingerprint density at radius 3 is 2.66 bits per heavy atom. The Balaban J connectivity index is 1.33. The minimum Gasteiger partial charge on any atom is -0.493 e. The van der Waals surface area contributed by atoms with Crippen molar-refractivity contribution in [2.75, 3.05) is 27.3 Å². The maximum atomic E-state index is 12.2. The maximum Gasteiger partial charge on any atom is 0.320 e. The van der Waals surface area contributed by atoms with Gasteiger partial charge in [-0.05, 0) is 81.5 Å². The first-order valence-corrected chi connectivity index (χ1v) is 15.6. The van der Waals surface area contributed by atoms with Crippen LogP contribution in [0.25, 0.3) is 0 Å². The molecule has 7 nitrogen and oxygen atoms in total. The zero-order chi connectivity index (χ0) is 28.1. The van der Waals surface area contributed by atoms with Crippen molar-refractivity contribution >= 4 is 5.97 Å². The predicted octanol–water partition coefficient (Wildman–Crippen LogP) is 4.72. The summed E-state index contributed by atoms with van der Waals surface area (Å²) < 4.78 is 19.9. The van der Waals surface area contributed by atoms with Crippen molar-refractivity contribution in [1.82, 2.24) is 10.2 Å². The van der Waals surface area contributed by atoms with Crippen LogP contribution in [0, 0.1) is 17.3 Å². The second-order valence-electron chi connectivity index (χ2n) is 13.7. The molecule has 1 saturated heterocycles. The topological polar surface area (TPSA) is 80.3 Å². The first kappa shape index (κ1) is 26.1. The van der Waals surface area contributed by atoms with Gasteiger partial charge in [-0.1, -0.05) is 36.4 Å². The minimum absolute atomic E-state index is 0.0293. The fourth-order valence-electron chi connectivity index (χ4n) is 10.4. The Morgan fingerprint density at radius 2 is 1.95 bits per heavy atom. The van der Waals surface area contributed by atoms with Gasteiger partial charge in [0.1, 0.15) is 17.7 Å². The molecule has 0 amide bonds. The molecule has 5 fully saturated rings. The fraction of sp³-hybridized carbons (Fsp3) is 0.618. The van der Waals surface area contributed by atoms with Crippen molar-refractivity contribution in [3.05, 3.63) is 59.2 Å². The highest BCUT2D eigenvalue weighted by molar-refractivity contribution is 5.73. The molecule has 0 aromatic heterocycles. The zero-order valence-electron chi connectivity index (χ0n) is 24.4. The molecule has 5 aliphatic carbocycles. The van der Waals surface area contributed by atoms with Crippen LogP contribution in [0.1, 0.15) is 68.2 Å². The SMILES string of the molecule is COc1ccc2c3c1OC1C4(OC)CCC5(C[C@@H]4C(NC(C)C(=O)O)c4ccccc4)[C@@H](C2)N(CC2CC2)CCC315. The second kappa shape index (κ2) is 8.95. The van der Waals surface area contributed by atoms with Crippen LogP contribution in [0.3, 0.4) is 0 Å². The summed E-state index contributed by atoms with van der Waals surface area (Å²) in [5, 5.41) is 13.5. The number of nitrogens with zero attached hydrogens (tertiary/aromatic N) is 1. The predicted molar refractivity (Wildman–Crippen MR) is 154 cm³/mol. The third kappa shape index (κ3) is 3.29. The smallest absolute Gasteiger partial charge is 0.320 e. The van der Waals surface area contributed by atoms with E-state index >= 15 is 0 Å². The number of rotatable bonds is 9. The van der Waals surface area contributed by atoms with Crippen LogP contribution in [0.2, 0.25) is 0 Å². The fourth-order valence-corrected chi connectivity index (χ4v) is 10.4. The van der Waals surface area contributed by atoms with Gasteiger partial charge < -0.3 is 19.3 Å². The van der Waals surface area contributed by atoms with E-state index in [-0.39, 0.29) is 28.9 Å². The number of hydrogen-bond donors (Lipinski definition) is 2. The number of fused-ring (bicyclic) bond motifs is 2. The van der Waals surface area contributed by atoms with Gasteiger partial charge in [0.05, 0.1) is 7.11 Å². The Bertz CT molecular complexity index is 1380. The number of methoxy groups -OCH3 is 2. The van der Waals surface area contributed by atoms with Crippen molar-refractivity contribution in [1.29, 1.82) is 0 Å². The van der Waals surface area contributed by atoms with Crippen molar-refractivity contribution in [2.45, 2.75) is 87.1 Å². The molecule has 2 heterocycles. The number of piperidine rings is 1. The molecule has 41 heavy (non-hydrogen) atoms. The van der Waals surface area contributed by atoms with E-state index in [1.165, 1.54) is 30.5 Å². The van der Waals surface area contributed by atoms with Gasteiger partial charge in [-0.15, -0.1) is 0 Å². The Labute approximate surface area is 242 Å². The molecule has 2 spiro atoms. The molecule has 4 saturated carbocycles. The normalized spacial score (nSPS) is 37.7. The van der Waals surface area contributed by atoms with Crippen molar-refractivity contribution in [3.63, 3.8) is 0 Å². The van der Waals surface area contributed by atoms with Gasteiger partial charge in [0, 0.05) is 48.0 Å². The van der Waals surface area contributed by atoms with Crippen LogP contribution in [0.5, 0.6) is 11.5 Å². The molecule has 7 heteroatoms. The number of carboxylic acid groups (broad SMARTS) is 1. The molecule has 9 rings (SSSR count). The molecule has 2 aromatic rings. The summed E-state index contributed by atoms with van der Waals surface area (Å²) in [4.78, 5) is 15.0. The highest BCUT2D eigenvalue weighted by atomic mass is 16.6. The van der Waals surface area contributed by atoms with E-state index in [4.69, 9.17) is 14.2 Å². The molecule has 6 unspecified atom stereocenters. The van der Waals surface area contributed by atoms with Gasteiger partial charge in [-0.25, -0.2) is 0 Å². The summed E-state index contributed by atoms with van der Waals surface area (Å²) >= 11 is 0. The van der Waals surface area contributed by atoms with E-state index in [1.54, 1.807) is 14.0 Å². The van der Waals surface area contributed by atoms with Crippen LogP contribution in [0.15, 0.2) is 42.5 Å². The summed E-state index contributed by atoms with van der Waals surface area (Å²) in [7, 11) is 3.60. The first-order chi connectivity index (χ1) is 19.9. The number of hydrogen-bond acceptors (Lipinski definition) is 6. The monoisotopic (exact) mass is 558 g/mol. The van der Waals surface area contributed by atoms with Crippen LogP contribution in [0.4, 0.5) is 0 Å². The molecule has 0 radical (unpaired) electrons. The van der Waals surface area contributed by atoms with E-state index in [0.29, 0.717) is 6.04 Å². The van der Waals surface area contributed by atoms with Crippen LogP contribution in [-0.4, -0.2) is 67.1 Å². The number of ether oxygens (including phenoxy) is 3. The molecule has 7 aliphatic rings. The first-order valence-electron chi connectivity index (χ1n) is 15.6. The lowest BCUT2D eigenvalue weighted by atomic mass is 9.34. The number of aliphatic carboxylic acids is 1. The van der Waals surface area contributed by atoms with E-state index in [9.17, 15) is 9.90 Å². The van der Waals surface area contributed by atoms with Crippen LogP contribution < -0.4 is 14.8 Å². The van der Waals surface area contributed by atoms with E-state index in [1.807, 2.05) is 13.2 Å². The van der Waals surface area contributed by atoms with E-state index in [2.05, 4.69) is 46.6 Å². The number of nitrogens with one attached hydrogen (secondary N) is 1. The van der Waals surface area contributed by atoms with E-state index < -0.39 is 17.6 Å². The molecule has 4 bridgehead atoms. The summed E-state index contributed by atoms with van der Waals surface area (Å²) in [6.45, 7) is 4.05. The third-order valence-corrected chi connectivity index (χ3v) is 12.3. The molecule has 8 atom stereocenters. The Morgan fingerprint density at radius 1 is 1.15 bits per heavy atom. The third-order valence-electron chi connectivity index (χ3n) is 12.3. The average molecular weight is 559 g/mol. The number of likely N-dealkylation sites (tertiary alicyclic amines) is 1. The van der Waals surface area contributed by atoms with Crippen molar-refractivity contribution in [2.24, 2.45) is 17.3 Å². The van der Waals surface area contributed by atoms with E-state index in [0.717, 1.165) is 61.6 Å². The largest absolute Gasteiger partial charge is 0.493 e. The summed E-state index contributed by atoms with van der Waals surface area (Å²) in [5.74, 6) is 1.80. The van der Waals surface area contributed by atoms with Gasteiger partial charge in [0.2, 0.25) is 0 Å². The number of carboxylic acids is 1. The summed E-state index contributed by atoms with van der Waals surface area (Å²) in [6, 6.07) is 14.4. The molecular formula is C34H42N2O5. The highest BCUT2D eigenvalue weighted by Gasteiger charge is 2.81. The van der Waals surface area contributed by atoms with Crippen molar-refractivity contribution in [3.8, 4) is 11.5 Å².